The van der Waals surface area contributed by atoms with Crippen LogP contribution in [0.3, 0.4) is 0 Å². The Labute approximate surface area is 120 Å². The fourth-order valence-electron chi connectivity index (χ4n) is 4.04. The van der Waals surface area contributed by atoms with Gasteiger partial charge in [0.05, 0.1) is 11.8 Å². The highest BCUT2D eigenvalue weighted by atomic mass is 16.4. The smallest absolute Gasteiger partial charge is 0.308 e. The van der Waals surface area contributed by atoms with Crippen molar-refractivity contribution in [3.8, 4) is 11.1 Å². The number of rotatable bonds is 2. The molecule has 0 aliphatic heterocycles. The lowest BCUT2D eigenvalue weighted by molar-refractivity contribution is -0.144. The van der Waals surface area contributed by atoms with Crippen molar-refractivity contribution in [2.45, 2.75) is 5.41 Å². The fourth-order valence-corrected chi connectivity index (χ4v) is 4.04. The van der Waals surface area contributed by atoms with Crippen molar-refractivity contribution in [3.05, 3.63) is 59.7 Å². The monoisotopic (exact) mass is 280 g/mol. The number of hydrogen-bond acceptors (Lipinski definition) is 2. The average Bonchev–Trinajstić information content (AvgIpc) is 3.11. The Kier molecular flexibility index (Phi) is 2.15. The van der Waals surface area contributed by atoms with E-state index in [1.807, 2.05) is 48.5 Å². The van der Waals surface area contributed by atoms with Gasteiger partial charge in [0.25, 0.3) is 0 Å². The van der Waals surface area contributed by atoms with Crippen molar-refractivity contribution in [2.24, 2.45) is 11.8 Å². The van der Waals surface area contributed by atoms with Gasteiger partial charge in [-0.25, -0.2) is 0 Å². The van der Waals surface area contributed by atoms with Crippen LogP contribution in [-0.4, -0.2) is 22.2 Å². The fraction of sp³-hybridized carbons (Fsp3) is 0.176. The van der Waals surface area contributed by atoms with E-state index in [4.69, 9.17) is 0 Å². The number of carboxylic acid groups (broad SMARTS) is 2. The summed E-state index contributed by atoms with van der Waals surface area (Å²) in [6.07, 6.45) is 0. The normalized spacial score (nSPS) is 23.4. The summed E-state index contributed by atoms with van der Waals surface area (Å²) in [5.74, 6) is -3.90. The van der Waals surface area contributed by atoms with Crippen molar-refractivity contribution in [3.63, 3.8) is 0 Å². The number of carbonyl (C=O) groups is 2. The first-order valence-corrected chi connectivity index (χ1v) is 6.75. The Hall–Kier alpha value is -2.62. The Bertz CT molecular complexity index is 725. The summed E-state index contributed by atoms with van der Waals surface area (Å²) in [7, 11) is 0. The highest BCUT2D eigenvalue weighted by molar-refractivity contribution is 5.98. The number of fused-ring (bicyclic) bond motifs is 5. The SMILES string of the molecule is O=C(O)[C@@H]1[C@H](C(=O)O)C12c1ccccc1-c1ccccc12. The predicted octanol–water partition coefficient (Wildman–Crippen LogP) is 2.37. The summed E-state index contributed by atoms with van der Waals surface area (Å²) >= 11 is 0. The summed E-state index contributed by atoms with van der Waals surface area (Å²) in [5.41, 5.74) is 2.63. The third-order valence-electron chi connectivity index (χ3n) is 4.77. The van der Waals surface area contributed by atoms with Crippen LogP contribution >= 0.6 is 0 Å². The molecule has 1 fully saturated rings. The molecule has 104 valence electrons. The Morgan fingerprint density at radius 2 is 1.14 bits per heavy atom. The molecule has 0 amide bonds. The van der Waals surface area contributed by atoms with Gasteiger partial charge in [-0.05, 0) is 22.3 Å². The van der Waals surface area contributed by atoms with E-state index >= 15 is 0 Å². The predicted molar refractivity (Wildman–Crippen MR) is 74.9 cm³/mol. The second-order valence-electron chi connectivity index (χ2n) is 5.59. The molecule has 2 aliphatic carbocycles. The zero-order valence-electron chi connectivity index (χ0n) is 11.0. The molecule has 0 unspecified atom stereocenters. The molecule has 2 N–H and O–H groups in total. The molecule has 0 aromatic heterocycles. The summed E-state index contributed by atoms with van der Waals surface area (Å²) in [6.45, 7) is 0. The number of carboxylic acids is 2. The molecular formula is C17H12O4. The van der Waals surface area contributed by atoms with Crippen LogP contribution in [0.5, 0.6) is 0 Å². The quantitative estimate of drug-likeness (QED) is 0.885. The van der Waals surface area contributed by atoms with Gasteiger partial charge in [0.15, 0.2) is 0 Å². The van der Waals surface area contributed by atoms with E-state index in [-0.39, 0.29) is 0 Å². The van der Waals surface area contributed by atoms with Gasteiger partial charge < -0.3 is 10.2 Å². The Morgan fingerprint density at radius 3 is 1.52 bits per heavy atom. The highest BCUT2D eigenvalue weighted by Gasteiger charge is 2.76. The van der Waals surface area contributed by atoms with Crippen LogP contribution in [0.2, 0.25) is 0 Å². The molecule has 0 saturated heterocycles. The Balaban J connectivity index is 2.06. The first-order chi connectivity index (χ1) is 10.1. The molecule has 0 bridgehead atoms. The van der Waals surface area contributed by atoms with Crippen LogP contribution in [0.4, 0.5) is 0 Å². The topological polar surface area (TPSA) is 74.6 Å². The molecule has 2 aromatic carbocycles. The van der Waals surface area contributed by atoms with E-state index in [9.17, 15) is 19.8 Å². The summed E-state index contributed by atoms with van der Waals surface area (Å²) in [6, 6.07) is 15.0. The molecule has 0 radical (unpaired) electrons. The zero-order chi connectivity index (χ0) is 14.8. The molecule has 4 heteroatoms. The lowest BCUT2D eigenvalue weighted by Gasteiger charge is -2.12. The number of hydrogen-bond donors (Lipinski definition) is 2. The molecule has 4 nitrogen and oxygen atoms in total. The van der Waals surface area contributed by atoms with Crippen molar-refractivity contribution >= 4 is 11.9 Å². The van der Waals surface area contributed by atoms with Gasteiger partial charge in [0.2, 0.25) is 0 Å². The van der Waals surface area contributed by atoms with Gasteiger partial charge in [-0.1, -0.05) is 48.5 Å². The third kappa shape index (κ3) is 1.25. The largest absolute Gasteiger partial charge is 0.481 e. The first kappa shape index (κ1) is 12.1. The van der Waals surface area contributed by atoms with Crippen molar-refractivity contribution in [1.29, 1.82) is 0 Å². The minimum atomic E-state index is -1.05. The summed E-state index contributed by atoms with van der Waals surface area (Å²) < 4.78 is 0. The molecule has 2 atom stereocenters. The molecule has 1 spiro atoms. The minimum Gasteiger partial charge on any atom is -0.481 e. The van der Waals surface area contributed by atoms with Crippen LogP contribution in [0.1, 0.15) is 11.1 Å². The summed E-state index contributed by atoms with van der Waals surface area (Å²) in [5, 5.41) is 19.0. The van der Waals surface area contributed by atoms with Crippen LogP contribution in [0.25, 0.3) is 11.1 Å². The maximum absolute atomic E-state index is 11.6. The molecular weight excluding hydrogens is 268 g/mol. The van der Waals surface area contributed by atoms with Gasteiger partial charge in [0.1, 0.15) is 0 Å². The molecule has 0 heterocycles. The van der Waals surface area contributed by atoms with Gasteiger partial charge in [-0.2, -0.15) is 0 Å². The maximum atomic E-state index is 11.6. The van der Waals surface area contributed by atoms with Gasteiger partial charge in [0, 0.05) is 5.41 Å². The van der Waals surface area contributed by atoms with E-state index in [2.05, 4.69) is 0 Å². The molecule has 2 aliphatic rings. The number of aliphatic carboxylic acids is 2. The van der Waals surface area contributed by atoms with E-state index in [1.54, 1.807) is 0 Å². The van der Waals surface area contributed by atoms with Crippen molar-refractivity contribution in [2.75, 3.05) is 0 Å². The highest BCUT2D eigenvalue weighted by Crippen LogP contribution is 2.70. The molecule has 21 heavy (non-hydrogen) atoms. The molecule has 1 saturated carbocycles. The maximum Gasteiger partial charge on any atom is 0.308 e. The van der Waals surface area contributed by atoms with Gasteiger partial charge in [-0.15, -0.1) is 0 Å². The van der Waals surface area contributed by atoms with E-state index in [0.717, 1.165) is 22.3 Å². The van der Waals surface area contributed by atoms with Gasteiger partial charge in [-0.3, -0.25) is 9.59 Å². The van der Waals surface area contributed by atoms with Crippen LogP contribution < -0.4 is 0 Å². The van der Waals surface area contributed by atoms with E-state index < -0.39 is 29.2 Å². The summed E-state index contributed by atoms with van der Waals surface area (Å²) in [4.78, 5) is 23.2. The van der Waals surface area contributed by atoms with Crippen molar-refractivity contribution < 1.29 is 19.8 Å². The third-order valence-corrected chi connectivity index (χ3v) is 4.77. The van der Waals surface area contributed by atoms with Crippen molar-refractivity contribution in [1.82, 2.24) is 0 Å². The second-order valence-corrected chi connectivity index (χ2v) is 5.59. The van der Waals surface area contributed by atoms with Crippen LogP contribution in [0.15, 0.2) is 48.5 Å². The van der Waals surface area contributed by atoms with Crippen LogP contribution in [-0.2, 0) is 15.0 Å². The zero-order valence-corrected chi connectivity index (χ0v) is 11.0. The lowest BCUT2D eigenvalue weighted by Crippen LogP contribution is -2.15. The minimum absolute atomic E-state index is 0.825. The standard InChI is InChI=1S/C17H12O4/c18-15(19)13-14(16(20)21)17(13)11-7-3-1-5-9(11)10-6-2-4-8-12(10)17/h1-8,13-14H,(H,18,19)(H,20,21)/t13-,14+. The van der Waals surface area contributed by atoms with E-state index in [1.165, 1.54) is 0 Å². The lowest BCUT2D eigenvalue weighted by atomic mass is 9.89. The Morgan fingerprint density at radius 1 is 0.762 bits per heavy atom. The first-order valence-electron chi connectivity index (χ1n) is 6.75. The van der Waals surface area contributed by atoms with Crippen LogP contribution in [0, 0.1) is 11.8 Å². The number of benzene rings is 2. The van der Waals surface area contributed by atoms with E-state index in [0.29, 0.717) is 0 Å². The van der Waals surface area contributed by atoms with Gasteiger partial charge >= 0.3 is 11.9 Å². The molecule has 4 rings (SSSR count). The average molecular weight is 280 g/mol. The second kappa shape index (κ2) is 3.73. The molecule has 2 aromatic rings.